The lowest BCUT2D eigenvalue weighted by atomic mass is 10.2. The number of carbonyl (C=O) groups is 1. The summed E-state index contributed by atoms with van der Waals surface area (Å²) in [6.07, 6.45) is 0. The van der Waals surface area contributed by atoms with Gasteiger partial charge in [-0.15, -0.1) is 0 Å². The number of rotatable bonds is 9. The van der Waals surface area contributed by atoms with Gasteiger partial charge in [0.05, 0.1) is 12.2 Å². The summed E-state index contributed by atoms with van der Waals surface area (Å²) < 4.78 is 24.8. The van der Waals surface area contributed by atoms with Crippen LogP contribution in [0.5, 0.6) is 17.2 Å². The molecule has 0 atom stereocenters. The zero-order chi connectivity index (χ0) is 20.5. The number of nitrogens with one attached hydrogen (secondary N) is 1. The summed E-state index contributed by atoms with van der Waals surface area (Å²) in [5.74, 6) is 0.886. The molecule has 0 saturated carbocycles. The molecule has 5 nitrogen and oxygen atoms in total. The molecule has 0 saturated heterocycles. The molecule has 3 rings (SSSR count). The first kappa shape index (κ1) is 20.4. The SMILES string of the molecule is CN(CCOc1ccccc1F)CC(=O)Nc1ccccc1Oc1ccccc1. The van der Waals surface area contributed by atoms with Crippen LogP contribution in [0.1, 0.15) is 0 Å². The third-order valence-corrected chi connectivity index (χ3v) is 4.11. The molecule has 1 N–H and O–H groups in total. The van der Waals surface area contributed by atoms with Crippen LogP contribution in [-0.2, 0) is 4.79 Å². The van der Waals surface area contributed by atoms with Crippen LogP contribution in [0.4, 0.5) is 10.1 Å². The first-order valence-corrected chi connectivity index (χ1v) is 9.29. The number of halogens is 1. The lowest BCUT2D eigenvalue weighted by molar-refractivity contribution is -0.117. The normalized spacial score (nSPS) is 10.6. The third-order valence-electron chi connectivity index (χ3n) is 4.11. The largest absolute Gasteiger partial charge is 0.489 e. The van der Waals surface area contributed by atoms with E-state index < -0.39 is 5.82 Å². The molecule has 6 heteroatoms. The monoisotopic (exact) mass is 394 g/mol. The predicted molar refractivity (Wildman–Crippen MR) is 111 cm³/mol. The Balaban J connectivity index is 1.49. The zero-order valence-electron chi connectivity index (χ0n) is 16.2. The number of benzene rings is 3. The van der Waals surface area contributed by atoms with Gasteiger partial charge in [-0.3, -0.25) is 9.69 Å². The number of amides is 1. The Kier molecular flexibility index (Phi) is 7.19. The second kappa shape index (κ2) is 10.2. The van der Waals surface area contributed by atoms with E-state index in [9.17, 15) is 9.18 Å². The number of para-hydroxylation sites is 4. The smallest absolute Gasteiger partial charge is 0.238 e. The van der Waals surface area contributed by atoms with Gasteiger partial charge in [-0.2, -0.15) is 0 Å². The van der Waals surface area contributed by atoms with E-state index in [1.165, 1.54) is 6.07 Å². The molecule has 0 bridgehead atoms. The molecule has 0 aliphatic carbocycles. The van der Waals surface area contributed by atoms with Crippen LogP contribution in [0.25, 0.3) is 0 Å². The van der Waals surface area contributed by atoms with E-state index in [1.807, 2.05) is 42.5 Å². The molecule has 0 aromatic heterocycles. The number of ether oxygens (including phenoxy) is 2. The van der Waals surface area contributed by atoms with E-state index in [2.05, 4.69) is 5.32 Å². The fourth-order valence-corrected chi connectivity index (χ4v) is 2.66. The molecule has 0 radical (unpaired) electrons. The van der Waals surface area contributed by atoms with Gasteiger partial charge in [0.15, 0.2) is 17.3 Å². The molecule has 0 aliphatic rings. The van der Waals surface area contributed by atoms with Gasteiger partial charge in [-0.05, 0) is 43.4 Å². The van der Waals surface area contributed by atoms with Gasteiger partial charge in [0.25, 0.3) is 0 Å². The Morgan fingerprint density at radius 3 is 2.34 bits per heavy atom. The van der Waals surface area contributed by atoms with E-state index in [-0.39, 0.29) is 24.8 Å². The highest BCUT2D eigenvalue weighted by molar-refractivity contribution is 5.93. The average Bonchev–Trinajstić information content (AvgIpc) is 2.71. The molecule has 29 heavy (non-hydrogen) atoms. The van der Waals surface area contributed by atoms with Gasteiger partial charge in [0.2, 0.25) is 5.91 Å². The van der Waals surface area contributed by atoms with Crippen LogP contribution in [0.15, 0.2) is 78.9 Å². The fraction of sp³-hybridized carbons (Fsp3) is 0.174. The van der Waals surface area contributed by atoms with E-state index in [4.69, 9.17) is 9.47 Å². The van der Waals surface area contributed by atoms with Gasteiger partial charge in [-0.25, -0.2) is 4.39 Å². The lowest BCUT2D eigenvalue weighted by Gasteiger charge is -2.18. The van der Waals surface area contributed by atoms with Gasteiger partial charge >= 0.3 is 0 Å². The van der Waals surface area contributed by atoms with Crippen LogP contribution in [0.2, 0.25) is 0 Å². The third kappa shape index (κ3) is 6.33. The molecule has 0 aliphatic heterocycles. The van der Waals surface area contributed by atoms with E-state index in [1.54, 1.807) is 42.3 Å². The Morgan fingerprint density at radius 1 is 0.931 bits per heavy atom. The van der Waals surface area contributed by atoms with Crippen LogP contribution >= 0.6 is 0 Å². The van der Waals surface area contributed by atoms with E-state index >= 15 is 0 Å². The highest BCUT2D eigenvalue weighted by Gasteiger charge is 2.11. The van der Waals surface area contributed by atoms with Crippen molar-refractivity contribution in [3.63, 3.8) is 0 Å². The average molecular weight is 394 g/mol. The molecule has 3 aromatic carbocycles. The molecule has 150 valence electrons. The molecular weight excluding hydrogens is 371 g/mol. The van der Waals surface area contributed by atoms with Gasteiger partial charge in [0, 0.05) is 6.54 Å². The summed E-state index contributed by atoms with van der Waals surface area (Å²) in [7, 11) is 1.80. The molecule has 1 amide bonds. The van der Waals surface area contributed by atoms with Crippen LogP contribution in [0, 0.1) is 5.82 Å². The fourth-order valence-electron chi connectivity index (χ4n) is 2.66. The maximum absolute atomic E-state index is 13.5. The van der Waals surface area contributed by atoms with E-state index in [0.717, 1.165) is 0 Å². The number of anilines is 1. The predicted octanol–water partition coefficient (Wildman–Crippen LogP) is 4.57. The van der Waals surface area contributed by atoms with Crippen LogP contribution in [0.3, 0.4) is 0 Å². The Hall–Kier alpha value is -3.38. The van der Waals surface area contributed by atoms with Gasteiger partial charge in [0.1, 0.15) is 12.4 Å². The second-order valence-electron chi connectivity index (χ2n) is 6.48. The van der Waals surface area contributed by atoms with Crippen molar-refractivity contribution in [1.29, 1.82) is 0 Å². The molecule has 0 heterocycles. The van der Waals surface area contributed by atoms with Crippen molar-refractivity contribution in [1.82, 2.24) is 4.90 Å². The number of carbonyl (C=O) groups excluding carboxylic acids is 1. The van der Waals surface area contributed by atoms with Gasteiger partial charge in [-0.1, -0.05) is 42.5 Å². The van der Waals surface area contributed by atoms with Crippen molar-refractivity contribution in [3.8, 4) is 17.2 Å². The molecule has 0 fully saturated rings. The highest BCUT2D eigenvalue weighted by Crippen LogP contribution is 2.29. The summed E-state index contributed by atoms with van der Waals surface area (Å²) in [4.78, 5) is 14.2. The van der Waals surface area contributed by atoms with Crippen molar-refractivity contribution >= 4 is 11.6 Å². The van der Waals surface area contributed by atoms with Gasteiger partial charge < -0.3 is 14.8 Å². The minimum absolute atomic E-state index is 0.167. The Labute approximate surface area is 169 Å². The van der Waals surface area contributed by atoms with Crippen molar-refractivity contribution in [2.24, 2.45) is 0 Å². The summed E-state index contributed by atoms with van der Waals surface area (Å²) in [5.41, 5.74) is 0.595. The van der Waals surface area contributed by atoms with Crippen molar-refractivity contribution in [2.45, 2.75) is 0 Å². The topological polar surface area (TPSA) is 50.8 Å². The molecule has 3 aromatic rings. The van der Waals surface area contributed by atoms with Crippen molar-refractivity contribution in [2.75, 3.05) is 32.1 Å². The van der Waals surface area contributed by atoms with Crippen molar-refractivity contribution < 1.29 is 18.7 Å². The minimum atomic E-state index is -0.400. The summed E-state index contributed by atoms with van der Waals surface area (Å²) in [6.45, 7) is 0.919. The first-order chi connectivity index (χ1) is 14.1. The quantitative estimate of drug-likeness (QED) is 0.578. The number of nitrogens with zero attached hydrogens (tertiary/aromatic N) is 1. The summed E-state index contributed by atoms with van der Waals surface area (Å²) in [6, 6.07) is 22.9. The second-order valence-corrected chi connectivity index (χ2v) is 6.48. The Morgan fingerprint density at radius 2 is 1.59 bits per heavy atom. The Bertz CT molecular complexity index is 934. The van der Waals surface area contributed by atoms with Crippen LogP contribution < -0.4 is 14.8 Å². The summed E-state index contributed by atoms with van der Waals surface area (Å²) in [5, 5.41) is 2.87. The van der Waals surface area contributed by atoms with Crippen molar-refractivity contribution in [3.05, 3.63) is 84.7 Å². The first-order valence-electron chi connectivity index (χ1n) is 9.29. The number of hydrogen-bond donors (Lipinski definition) is 1. The maximum atomic E-state index is 13.5. The molecular formula is C23H23FN2O3. The number of likely N-dealkylation sites (N-methyl/N-ethyl adjacent to an activating group) is 1. The van der Waals surface area contributed by atoms with E-state index in [0.29, 0.717) is 23.7 Å². The lowest BCUT2D eigenvalue weighted by Crippen LogP contribution is -2.33. The minimum Gasteiger partial charge on any atom is -0.489 e. The maximum Gasteiger partial charge on any atom is 0.238 e. The standard InChI is InChI=1S/C23H23FN2O3/c1-26(15-16-28-21-13-7-5-11-19(21)24)17-23(27)25-20-12-6-8-14-22(20)29-18-9-3-2-4-10-18/h2-14H,15-17H2,1H3,(H,25,27). The highest BCUT2D eigenvalue weighted by atomic mass is 19.1. The zero-order valence-corrected chi connectivity index (χ0v) is 16.2. The number of hydrogen-bond acceptors (Lipinski definition) is 4. The van der Waals surface area contributed by atoms with Crippen LogP contribution in [-0.4, -0.2) is 37.6 Å². The molecule has 0 unspecified atom stereocenters. The summed E-state index contributed by atoms with van der Waals surface area (Å²) >= 11 is 0. The molecule has 0 spiro atoms.